The summed E-state index contributed by atoms with van der Waals surface area (Å²) in [6.45, 7) is 2.24. The van der Waals surface area contributed by atoms with E-state index in [1.165, 1.54) is 30.3 Å². The Hall–Kier alpha value is -4.41. The van der Waals surface area contributed by atoms with Gasteiger partial charge in [-0.05, 0) is 54.1 Å². The van der Waals surface area contributed by atoms with Crippen molar-refractivity contribution in [2.24, 2.45) is 15.4 Å². The lowest BCUT2D eigenvalue weighted by atomic mass is 10.0. The molecule has 0 bridgehead atoms. The normalized spacial score (nSPS) is 12.9. The Labute approximate surface area is 190 Å². The van der Waals surface area contributed by atoms with Gasteiger partial charge in [-0.3, -0.25) is 9.36 Å². The lowest BCUT2D eigenvalue weighted by Crippen LogP contribution is -2.22. The second-order valence-corrected chi connectivity index (χ2v) is 7.58. The standard InChI is InChI=1S/C23H16F3N7O/c1-12-9-13(24)5-6-15(12)20-16-7-8-19(34)33(21-17(25)3-2-4-18(21)26)22(16)30-23(29-20)27-10-14-11-28-32-31-14/h2-9H,10-11H2,1H3,(H,27,29,30). The number of rotatable bonds is 5. The quantitative estimate of drug-likeness (QED) is 0.474. The first-order valence-corrected chi connectivity index (χ1v) is 10.2. The summed E-state index contributed by atoms with van der Waals surface area (Å²) < 4.78 is 44.0. The van der Waals surface area contributed by atoms with E-state index in [1.54, 1.807) is 13.0 Å². The molecule has 0 saturated heterocycles. The highest BCUT2D eigenvalue weighted by Crippen LogP contribution is 2.31. The van der Waals surface area contributed by atoms with Crippen molar-refractivity contribution in [3.05, 3.63) is 81.9 Å². The zero-order valence-electron chi connectivity index (χ0n) is 17.8. The predicted octanol–water partition coefficient (Wildman–Crippen LogP) is 4.41. The van der Waals surface area contributed by atoms with E-state index in [1.807, 2.05) is 0 Å². The Morgan fingerprint density at radius 3 is 2.53 bits per heavy atom. The summed E-state index contributed by atoms with van der Waals surface area (Å²) in [5, 5.41) is 14.6. The van der Waals surface area contributed by atoms with Gasteiger partial charge in [0.1, 0.15) is 29.7 Å². The van der Waals surface area contributed by atoms with Crippen LogP contribution in [-0.4, -0.2) is 33.3 Å². The molecule has 3 heterocycles. The highest BCUT2D eigenvalue weighted by atomic mass is 19.1. The second kappa shape index (κ2) is 8.50. The van der Waals surface area contributed by atoms with E-state index in [4.69, 9.17) is 0 Å². The third-order valence-electron chi connectivity index (χ3n) is 5.31. The van der Waals surface area contributed by atoms with Crippen LogP contribution < -0.4 is 10.9 Å². The van der Waals surface area contributed by atoms with E-state index in [9.17, 15) is 18.0 Å². The van der Waals surface area contributed by atoms with Crippen molar-refractivity contribution in [2.45, 2.75) is 6.92 Å². The Morgan fingerprint density at radius 1 is 1.03 bits per heavy atom. The smallest absolute Gasteiger partial charge is 0.256 e. The van der Waals surface area contributed by atoms with Gasteiger partial charge in [0.25, 0.3) is 5.56 Å². The maximum absolute atomic E-state index is 14.7. The van der Waals surface area contributed by atoms with Crippen molar-refractivity contribution in [2.75, 3.05) is 18.4 Å². The number of aryl methyl sites for hydroxylation is 1. The number of para-hydroxylation sites is 1. The number of hydrogen-bond acceptors (Lipinski definition) is 7. The van der Waals surface area contributed by atoms with Gasteiger partial charge in [-0.15, -0.1) is 5.10 Å². The van der Waals surface area contributed by atoms with Crippen LogP contribution in [0.1, 0.15) is 5.56 Å². The van der Waals surface area contributed by atoms with E-state index in [0.717, 1.165) is 16.7 Å². The Balaban J connectivity index is 1.79. The molecule has 0 spiro atoms. The highest BCUT2D eigenvalue weighted by Gasteiger charge is 2.20. The molecule has 1 aliphatic heterocycles. The molecular formula is C23H16F3N7O. The number of fused-ring (bicyclic) bond motifs is 1. The van der Waals surface area contributed by atoms with Crippen LogP contribution in [0.4, 0.5) is 19.1 Å². The molecule has 0 fully saturated rings. The van der Waals surface area contributed by atoms with Gasteiger partial charge in [0, 0.05) is 17.0 Å². The molecule has 0 atom stereocenters. The molecule has 170 valence electrons. The molecule has 0 radical (unpaired) electrons. The molecular weight excluding hydrogens is 447 g/mol. The minimum absolute atomic E-state index is 0.0181. The Kier molecular flexibility index (Phi) is 5.36. The Morgan fingerprint density at radius 2 is 1.82 bits per heavy atom. The van der Waals surface area contributed by atoms with Crippen LogP contribution in [0.3, 0.4) is 0 Å². The maximum atomic E-state index is 14.7. The fourth-order valence-corrected chi connectivity index (χ4v) is 3.72. The topological polar surface area (TPSA) is 96.9 Å². The fourth-order valence-electron chi connectivity index (χ4n) is 3.72. The maximum Gasteiger partial charge on any atom is 0.256 e. The minimum Gasteiger partial charge on any atom is -0.349 e. The summed E-state index contributed by atoms with van der Waals surface area (Å²) in [5.74, 6) is -2.19. The first-order chi connectivity index (χ1) is 16.4. The van der Waals surface area contributed by atoms with Gasteiger partial charge in [0.2, 0.25) is 5.95 Å². The number of aromatic nitrogens is 3. The first-order valence-electron chi connectivity index (χ1n) is 10.2. The second-order valence-electron chi connectivity index (χ2n) is 7.58. The van der Waals surface area contributed by atoms with Crippen LogP contribution in [0.5, 0.6) is 0 Å². The number of benzene rings is 2. The van der Waals surface area contributed by atoms with Crippen molar-refractivity contribution >= 4 is 22.7 Å². The van der Waals surface area contributed by atoms with Crippen molar-refractivity contribution in [3.63, 3.8) is 0 Å². The largest absolute Gasteiger partial charge is 0.349 e. The molecule has 4 aromatic rings. The third-order valence-corrected chi connectivity index (χ3v) is 5.31. The molecule has 2 aromatic heterocycles. The molecule has 34 heavy (non-hydrogen) atoms. The van der Waals surface area contributed by atoms with Crippen molar-refractivity contribution in [1.82, 2.24) is 14.5 Å². The lowest BCUT2D eigenvalue weighted by molar-refractivity contribution is 0.568. The van der Waals surface area contributed by atoms with Crippen LogP contribution in [0.25, 0.3) is 28.0 Å². The molecule has 2 aromatic carbocycles. The van der Waals surface area contributed by atoms with Gasteiger partial charge < -0.3 is 5.32 Å². The van der Waals surface area contributed by atoms with Gasteiger partial charge >= 0.3 is 0 Å². The van der Waals surface area contributed by atoms with Crippen LogP contribution in [-0.2, 0) is 0 Å². The van der Waals surface area contributed by atoms with Crippen LogP contribution >= 0.6 is 0 Å². The zero-order valence-corrected chi connectivity index (χ0v) is 17.8. The number of anilines is 1. The number of hydrogen-bond donors (Lipinski definition) is 1. The summed E-state index contributed by atoms with van der Waals surface area (Å²) in [6.07, 6.45) is 0. The summed E-state index contributed by atoms with van der Waals surface area (Å²) in [7, 11) is 0. The average molecular weight is 463 g/mol. The van der Waals surface area contributed by atoms with Gasteiger partial charge in [0.15, 0.2) is 5.65 Å². The number of halogens is 3. The summed E-state index contributed by atoms with van der Waals surface area (Å²) in [5.41, 5.74) is 0.892. The SMILES string of the molecule is Cc1cc(F)ccc1-c1nc(NCC2=NN=NC2)nc2c1ccc(=O)n2-c1c(F)cccc1F. The monoisotopic (exact) mass is 463 g/mol. The lowest BCUT2D eigenvalue weighted by Gasteiger charge is -2.16. The van der Waals surface area contributed by atoms with Gasteiger partial charge in [-0.2, -0.15) is 10.1 Å². The Bertz CT molecular complexity index is 1540. The van der Waals surface area contributed by atoms with Crippen molar-refractivity contribution in [1.29, 1.82) is 0 Å². The zero-order chi connectivity index (χ0) is 23.8. The first kappa shape index (κ1) is 21.4. The molecule has 11 heteroatoms. The fraction of sp³-hybridized carbons (Fsp3) is 0.130. The predicted molar refractivity (Wildman–Crippen MR) is 121 cm³/mol. The summed E-state index contributed by atoms with van der Waals surface area (Å²) in [4.78, 5) is 21.8. The van der Waals surface area contributed by atoms with Gasteiger partial charge in [0.05, 0.1) is 18.0 Å². The molecule has 0 aliphatic carbocycles. The van der Waals surface area contributed by atoms with Crippen LogP contribution in [0.15, 0.2) is 68.8 Å². The number of nitrogens with one attached hydrogen (secondary N) is 1. The molecule has 0 saturated carbocycles. The molecule has 0 unspecified atom stereocenters. The van der Waals surface area contributed by atoms with Crippen LogP contribution in [0, 0.1) is 24.4 Å². The van der Waals surface area contributed by atoms with E-state index >= 15 is 0 Å². The number of nitrogens with zero attached hydrogens (tertiary/aromatic N) is 6. The van der Waals surface area contributed by atoms with Crippen molar-refractivity contribution in [3.8, 4) is 16.9 Å². The summed E-state index contributed by atoms with van der Waals surface area (Å²) >= 11 is 0. The van der Waals surface area contributed by atoms with Crippen molar-refractivity contribution < 1.29 is 13.2 Å². The van der Waals surface area contributed by atoms with Gasteiger partial charge in [-0.1, -0.05) is 6.07 Å². The molecule has 1 N–H and O–H groups in total. The van der Waals surface area contributed by atoms with E-state index < -0.39 is 28.7 Å². The van der Waals surface area contributed by atoms with E-state index in [0.29, 0.717) is 34.5 Å². The number of pyridine rings is 1. The molecule has 8 nitrogen and oxygen atoms in total. The van der Waals surface area contributed by atoms with Crippen LogP contribution in [0.2, 0.25) is 0 Å². The molecule has 0 amide bonds. The average Bonchev–Trinajstić information content (AvgIpc) is 3.32. The molecule has 1 aliphatic rings. The van der Waals surface area contributed by atoms with Gasteiger partial charge in [-0.25, -0.2) is 18.2 Å². The molecule has 5 rings (SSSR count). The van der Waals surface area contributed by atoms with E-state index in [2.05, 4.69) is 30.7 Å². The minimum atomic E-state index is -0.925. The summed E-state index contributed by atoms with van der Waals surface area (Å²) in [6, 6.07) is 10.2. The highest BCUT2D eigenvalue weighted by molar-refractivity contribution is 5.94. The third kappa shape index (κ3) is 3.81. The van der Waals surface area contributed by atoms with E-state index in [-0.39, 0.29) is 18.1 Å².